The van der Waals surface area contributed by atoms with Gasteiger partial charge < -0.3 is 15.4 Å². The molecule has 1 saturated carbocycles. The second kappa shape index (κ2) is 9.08. The maximum absolute atomic E-state index is 14.0. The van der Waals surface area contributed by atoms with Crippen molar-refractivity contribution >= 4 is 35.6 Å². The number of rotatable bonds is 3. The molecule has 1 fully saturated rings. The van der Waals surface area contributed by atoms with Gasteiger partial charge in [-0.1, -0.05) is 11.6 Å². The second-order valence-corrected chi connectivity index (χ2v) is 9.09. The highest BCUT2D eigenvalue weighted by Crippen LogP contribution is 2.32. The first-order chi connectivity index (χ1) is 15.3. The molecule has 0 saturated heterocycles. The molecule has 0 bridgehead atoms. The molecular weight excluding hydrogens is 468 g/mol. The molecular formula is C23H26Cl2FN5O2. The van der Waals surface area contributed by atoms with Gasteiger partial charge in [-0.05, 0) is 51.7 Å². The van der Waals surface area contributed by atoms with E-state index < -0.39 is 5.82 Å². The third-order valence-electron chi connectivity index (χ3n) is 6.43. The van der Waals surface area contributed by atoms with Crippen LogP contribution in [0.2, 0.25) is 5.02 Å². The van der Waals surface area contributed by atoms with Gasteiger partial charge in [0.25, 0.3) is 5.91 Å². The van der Waals surface area contributed by atoms with Crippen LogP contribution in [0.4, 0.5) is 4.39 Å². The molecule has 7 nitrogen and oxygen atoms in total. The zero-order valence-corrected chi connectivity index (χ0v) is 20.0. The fourth-order valence-corrected chi connectivity index (χ4v) is 4.71. The van der Waals surface area contributed by atoms with Crippen molar-refractivity contribution in [3.63, 3.8) is 0 Å². The molecule has 1 amide bonds. The number of hydrogen-bond acceptors (Lipinski definition) is 5. The average molecular weight is 494 g/mol. The van der Waals surface area contributed by atoms with Gasteiger partial charge in [0.15, 0.2) is 5.65 Å². The third-order valence-corrected chi connectivity index (χ3v) is 6.98. The van der Waals surface area contributed by atoms with Crippen LogP contribution in [0.15, 0.2) is 18.2 Å². The van der Waals surface area contributed by atoms with Gasteiger partial charge in [0, 0.05) is 17.7 Å². The van der Waals surface area contributed by atoms with Gasteiger partial charge >= 0.3 is 0 Å². The van der Waals surface area contributed by atoms with Gasteiger partial charge in [-0.2, -0.15) is 5.10 Å². The van der Waals surface area contributed by atoms with Gasteiger partial charge in [-0.25, -0.2) is 13.9 Å². The number of nitrogens with zero attached hydrogens (tertiary/aromatic N) is 4. The number of fused-ring (bicyclic) bond motifs is 3. The SMILES string of the molecule is Cc1nc2c3c(nn2c(C)c1Cl)CN(C(=O)c1ccc(F)cc1OC1CCC(N)CC1)C3.Cl. The molecule has 2 N–H and O–H groups in total. The summed E-state index contributed by atoms with van der Waals surface area (Å²) in [4.78, 5) is 19.7. The van der Waals surface area contributed by atoms with Crippen LogP contribution >= 0.6 is 24.0 Å². The Hall–Kier alpha value is -2.42. The van der Waals surface area contributed by atoms with Crippen LogP contribution < -0.4 is 10.5 Å². The lowest BCUT2D eigenvalue weighted by Crippen LogP contribution is -2.32. The van der Waals surface area contributed by atoms with E-state index >= 15 is 0 Å². The van der Waals surface area contributed by atoms with Crippen molar-refractivity contribution in [2.45, 2.75) is 64.8 Å². The van der Waals surface area contributed by atoms with Crippen LogP contribution in [0, 0.1) is 19.7 Å². The Morgan fingerprint density at radius 2 is 1.94 bits per heavy atom. The minimum atomic E-state index is -0.432. The predicted octanol–water partition coefficient (Wildman–Crippen LogP) is 4.37. The molecule has 0 unspecified atom stereocenters. The summed E-state index contributed by atoms with van der Waals surface area (Å²) in [6.07, 6.45) is 3.25. The molecule has 1 aliphatic heterocycles. The van der Waals surface area contributed by atoms with Crippen LogP contribution in [0.25, 0.3) is 5.65 Å². The number of ether oxygens (including phenoxy) is 1. The highest BCUT2D eigenvalue weighted by Gasteiger charge is 2.32. The number of carbonyl (C=O) groups is 1. The van der Waals surface area contributed by atoms with E-state index in [4.69, 9.17) is 22.1 Å². The predicted molar refractivity (Wildman–Crippen MR) is 126 cm³/mol. The Kier molecular flexibility index (Phi) is 6.53. The molecule has 10 heteroatoms. The summed E-state index contributed by atoms with van der Waals surface area (Å²) < 4.78 is 21.8. The Bertz CT molecular complexity index is 1220. The Morgan fingerprint density at radius 1 is 1.21 bits per heavy atom. The van der Waals surface area contributed by atoms with Gasteiger partial charge in [0.2, 0.25) is 0 Å². The van der Waals surface area contributed by atoms with Crippen molar-refractivity contribution in [3.05, 3.63) is 57.2 Å². The van der Waals surface area contributed by atoms with E-state index in [0.717, 1.165) is 48.3 Å². The van der Waals surface area contributed by atoms with Gasteiger partial charge in [0.1, 0.15) is 11.6 Å². The molecule has 5 rings (SSSR count). The largest absolute Gasteiger partial charge is 0.489 e. The number of halogens is 3. The van der Waals surface area contributed by atoms with Crippen molar-refractivity contribution in [3.8, 4) is 5.75 Å². The smallest absolute Gasteiger partial charge is 0.258 e. The minimum absolute atomic E-state index is 0. The average Bonchev–Trinajstić information content (AvgIpc) is 3.33. The molecule has 0 spiro atoms. The van der Waals surface area contributed by atoms with E-state index in [0.29, 0.717) is 29.3 Å². The highest BCUT2D eigenvalue weighted by molar-refractivity contribution is 6.31. The summed E-state index contributed by atoms with van der Waals surface area (Å²) >= 11 is 6.32. The minimum Gasteiger partial charge on any atom is -0.489 e. The van der Waals surface area contributed by atoms with E-state index in [9.17, 15) is 9.18 Å². The Balaban J connectivity index is 0.00000259. The second-order valence-electron chi connectivity index (χ2n) is 8.71. The molecule has 2 aromatic heterocycles. The van der Waals surface area contributed by atoms with E-state index in [2.05, 4.69) is 10.1 Å². The van der Waals surface area contributed by atoms with Crippen molar-refractivity contribution < 1.29 is 13.9 Å². The number of nitrogens with two attached hydrogens (primary N) is 1. The third kappa shape index (κ3) is 4.27. The van der Waals surface area contributed by atoms with E-state index in [1.54, 1.807) is 9.42 Å². The first-order valence-corrected chi connectivity index (χ1v) is 11.2. The van der Waals surface area contributed by atoms with Gasteiger partial charge in [0.05, 0.1) is 46.9 Å². The summed E-state index contributed by atoms with van der Waals surface area (Å²) in [5, 5.41) is 5.22. The summed E-state index contributed by atoms with van der Waals surface area (Å²) in [5.74, 6) is -0.365. The molecule has 1 aliphatic carbocycles. The summed E-state index contributed by atoms with van der Waals surface area (Å²) in [6.45, 7) is 4.48. The van der Waals surface area contributed by atoms with Crippen LogP contribution in [0.1, 0.15) is 58.7 Å². The fraction of sp³-hybridized carbons (Fsp3) is 0.435. The number of aryl methyl sites for hydroxylation is 2. The number of benzene rings is 1. The zero-order chi connectivity index (χ0) is 22.6. The first kappa shape index (κ1) is 23.7. The molecule has 3 heterocycles. The van der Waals surface area contributed by atoms with Crippen LogP contribution in [-0.4, -0.2) is 37.6 Å². The summed E-state index contributed by atoms with van der Waals surface area (Å²) in [5.41, 5.74) is 10.3. The van der Waals surface area contributed by atoms with Crippen LogP contribution in [-0.2, 0) is 13.1 Å². The molecule has 2 aliphatic rings. The van der Waals surface area contributed by atoms with Crippen molar-refractivity contribution in [2.24, 2.45) is 5.73 Å². The Morgan fingerprint density at radius 3 is 2.67 bits per heavy atom. The van der Waals surface area contributed by atoms with Crippen molar-refractivity contribution in [1.29, 1.82) is 0 Å². The molecule has 33 heavy (non-hydrogen) atoms. The van der Waals surface area contributed by atoms with E-state index in [1.165, 1.54) is 18.2 Å². The normalized spacial score (nSPS) is 20.0. The number of aromatic nitrogens is 3. The standard InChI is InChI=1S/C23H25ClFN5O2.ClH/c1-12-21(24)13(2)30-22(27-12)18-10-29(11-19(18)28-30)23(31)17-8-3-14(25)9-20(17)32-16-6-4-15(26)5-7-16;/h3,8-9,15-16H,4-7,10-11,26H2,1-2H3;1H. The topological polar surface area (TPSA) is 85.8 Å². The summed E-state index contributed by atoms with van der Waals surface area (Å²) in [6, 6.07) is 4.27. The van der Waals surface area contributed by atoms with Crippen LogP contribution in [0.3, 0.4) is 0 Å². The number of carbonyl (C=O) groups excluding carboxylic acids is 1. The molecule has 0 radical (unpaired) electrons. The van der Waals surface area contributed by atoms with Crippen molar-refractivity contribution in [2.75, 3.05) is 0 Å². The number of amides is 1. The first-order valence-electron chi connectivity index (χ1n) is 10.9. The monoisotopic (exact) mass is 493 g/mol. The summed E-state index contributed by atoms with van der Waals surface area (Å²) in [7, 11) is 0. The maximum atomic E-state index is 14.0. The van der Waals surface area contributed by atoms with Gasteiger partial charge in [-0.3, -0.25) is 4.79 Å². The molecule has 3 aromatic rings. The maximum Gasteiger partial charge on any atom is 0.258 e. The lowest BCUT2D eigenvalue weighted by molar-refractivity contribution is 0.0738. The van der Waals surface area contributed by atoms with Crippen molar-refractivity contribution in [1.82, 2.24) is 19.5 Å². The molecule has 176 valence electrons. The van der Waals surface area contributed by atoms with Crippen LogP contribution in [0.5, 0.6) is 5.75 Å². The molecule has 1 aromatic carbocycles. The Labute approximate surface area is 202 Å². The lowest BCUT2D eigenvalue weighted by Gasteiger charge is -2.28. The quantitative estimate of drug-likeness (QED) is 0.585. The molecule has 0 atom stereocenters. The highest BCUT2D eigenvalue weighted by atomic mass is 35.5. The van der Waals surface area contributed by atoms with Gasteiger partial charge in [-0.15, -0.1) is 12.4 Å². The fourth-order valence-electron chi connectivity index (χ4n) is 4.58. The van der Waals surface area contributed by atoms with E-state index in [1.807, 2.05) is 13.8 Å². The zero-order valence-electron chi connectivity index (χ0n) is 18.5. The lowest BCUT2D eigenvalue weighted by atomic mass is 9.93. The van der Waals surface area contributed by atoms with E-state index in [-0.39, 0.29) is 36.2 Å². The number of hydrogen-bond donors (Lipinski definition) is 1.